The summed E-state index contributed by atoms with van der Waals surface area (Å²) < 4.78 is 5.84. The van der Waals surface area contributed by atoms with Crippen LogP contribution in [0.3, 0.4) is 0 Å². The van der Waals surface area contributed by atoms with Gasteiger partial charge in [0.25, 0.3) is 5.91 Å². The normalized spacial score (nSPS) is 18.7. The molecule has 2 aliphatic rings. The highest BCUT2D eigenvalue weighted by Crippen LogP contribution is 2.32. The van der Waals surface area contributed by atoms with Gasteiger partial charge in [-0.25, -0.2) is 0 Å². The molecule has 1 saturated heterocycles. The molecule has 0 atom stereocenters. The molecule has 2 fully saturated rings. The van der Waals surface area contributed by atoms with Gasteiger partial charge in [-0.15, -0.1) is 0 Å². The molecule has 0 aromatic heterocycles. The maximum absolute atomic E-state index is 13.1. The van der Waals surface area contributed by atoms with Crippen LogP contribution in [0.5, 0.6) is 5.75 Å². The first-order valence-corrected chi connectivity index (χ1v) is 12.1. The van der Waals surface area contributed by atoms with E-state index in [0.29, 0.717) is 31.6 Å². The molecule has 0 unspecified atom stereocenters. The smallest absolute Gasteiger partial charge is 0.277 e. The van der Waals surface area contributed by atoms with Crippen molar-refractivity contribution in [2.24, 2.45) is 0 Å². The molecule has 1 aliphatic carbocycles. The van der Waals surface area contributed by atoms with Gasteiger partial charge in [-0.1, -0.05) is 66.2 Å². The van der Waals surface area contributed by atoms with Crippen molar-refractivity contribution < 1.29 is 9.53 Å². The first-order chi connectivity index (χ1) is 15.3. The van der Waals surface area contributed by atoms with Crippen molar-refractivity contribution in [3.8, 4) is 5.75 Å². The first-order valence-electron chi connectivity index (χ1n) is 10.5. The van der Waals surface area contributed by atoms with E-state index in [2.05, 4.69) is 0 Å². The number of thiocarbonyl (C=S) groups is 1. The Morgan fingerprint density at radius 3 is 2.50 bits per heavy atom. The fourth-order valence-corrected chi connectivity index (χ4v) is 5.15. The van der Waals surface area contributed by atoms with Gasteiger partial charge >= 0.3 is 0 Å². The van der Waals surface area contributed by atoms with Gasteiger partial charge in [-0.2, -0.15) is 0 Å². The number of benzene rings is 2. The molecule has 168 valence electrons. The summed E-state index contributed by atoms with van der Waals surface area (Å²) in [6.07, 6.45) is 7.32. The number of carbonyl (C=O) groups excluding carboxylic acids is 1. The monoisotopic (exact) mass is 508 g/mol. The number of nitrogens with zero attached hydrogens (tertiary/aromatic N) is 2. The molecule has 4 rings (SSSR count). The van der Waals surface area contributed by atoms with Crippen LogP contribution in [0.1, 0.15) is 43.2 Å². The Bertz CT molecular complexity index is 1080. The average molecular weight is 510 g/mol. The number of ether oxygens (including phenoxy) is 1. The summed E-state index contributed by atoms with van der Waals surface area (Å²) in [4.78, 5) is 16.7. The summed E-state index contributed by atoms with van der Waals surface area (Å²) >= 11 is 24.2. The van der Waals surface area contributed by atoms with Crippen molar-refractivity contribution >= 4 is 64.1 Å². The fourth-order valence-electron chi connectivity index (χ4n) is 4.11. The Morgan fingerprint density at radius 1 is 1.06 bits per heavy atom. The zero-order chi connectivity index (χ0) is 22.8. The SMILES string of the molecule is CN1C(=S)N(C2CCCCC2)C(=O)/C1=C/c1ccc(OCc2ccc(Cl)cc2Cl)c(Cl)c1. The highest BCUT2D eigenvalue weighted by Gasteiger charge is 2.40. The zero-order valence-electron chi connectivity index (χ0n) is 17.6. The molecule has 32 heavy (non-hydrogen) atoms. The van der Waals surface area contributed by atoms with Gasteiger partial charge in [-0.3, -0.25) is 9.69 Å². The highest BCUT2D eigenvalue weighted by atomic mass is 35.5. The molecule has 1 heterocycles. The molecule has 8 heteroatoms. The lowest BCUT2D eigenvalue weighted by Gasteiger charge is -2.30. The first kappa shape index (κ1) is 23.4. The number of likely N-dealkylation sites (N-methyl/N-ethyl adjacent to an activating group) is 1. The Balaban J connectivity index is 1.49. The molecule has 1 aliphatic heterocycles. The van der Waals surface area contributed by atoms with Crippen LogP contribution in [0.15, 0.2) is 42.1 Å². The largest absolute Gasteiger partial charge is 0.487 e. The third-order valence-electron chi connectivity index (χ3n) is 5.89. The lowest BCUT2D eigenvalue weighted by atomic mass is 9.94. The van der Waals surface area contributed by atoms with Crippen molar-refractivity contribution in [3.05, 3.63) is 68.3 Å². The van der Waals surface area contributed by atoms with Crippen molar-refractivity contribution in [2.75, 3.05) is 7.05 Å². The maximum Gasteiger partial charge on any atom is 0.277 e. The Kier molecular flexibility index (Phi) is 7.30. The number of rotatable bonds is 5. The van der Waals surface area contributed by atoms with E-state index in [-0.39, 0.29) is 18.6 Å². The lowest BCUT2D eigenvalue weighted by molar-refractivity contribution is -0.124. The standard InChI is InChI=1S/C24H23Cl3N2O2S/c1-28-21(23(30)29(24(28)32)18-5-3-2-4-6-18)12-15-7-10-22(20(27)11-15)31-14-16-8-9-17(25)13-19(16)26/h7-13,18H,2-6,14H2,1H3/b21-12-. The number of carbonyl (C=O) groups is 1. The third-order valence-corrected chi connectivity index (χ3v) is 7.24. The Morgan fingerprint density at radius 2 is 1.81 bits per heavy atom. The molecule has 0 spiro atoms. The Labute approximate surface area is 208 Å². The van der Waals surface area contributed by atoms with Crippen LogP contribution >= 0.6 is 47.0 Å². The van der Waals surface area contributed by atoms with E-state index in [9.17, 15) is 4.79 Å². The van der Waals surface area contributed by atoms with E-state index in [0.717, 1.165) is 36.8 Å². The van der Waals surface area contributed by atoms with Gasteiger partial charge in [0.15, 0.2) is 5.11 Å². The summed E-state index contributed by atoms with van der Waals surface area (Å²) in [6.45, 7) is 0.266. The van der Waals surface area contributed by atoms with Gasteiger partial charge in [0, 0.05) is 28.7 Å². The molecular weight excluding hydrogens is 487 g/mol. The van der Waals surface area contributed by atoms with Gasteiger partial charge < -0.3 is 9.64 Å². The molecule has 4 nitrogen and oxygen atoms in total. The fraction of sp³-hybridized carbons (Fsp3) is 0.333. The third kappa shape index (κ3) is 4.91. The second-order valence-corrected chi connectivity index (χ2v) is 9.67. The van der Waals surface area contributed by atoms with Crippen LogP contribution in [0.4, 0.5) is 0 Å². The van der Waals surface area contributed by atoms with Crippen LogP contribution in [-0.2, 0) is 11.4 Å². The number of hydrogen-bond acceptors (Lipinski definition) is 3. The molecule has 2 aromatic carbocycles. The maximum atomic E-state index is 13.1. The van der Waals surface area contributed by atoms with E-state index in [1.54, 1.807) is 34.1 Å². The van der Waals surface area contributed by atoms with Crippen LogP contribution in [0.25, 0.3) is 6.08 Å². The molecular formula is C24H23Cl3N2O2S. The van der Waals surface area contributed by atoms with Crippen LogP contribution in [0.2, 0.25) is 15.1 Å². The second kappa shape index (κ2) is 10.0. The molecule has 0 N–H and O–H groups in total. The summed E-state index contributed by atoms with van der Waals surface area (Å²) in [6, 6.07) is 10.9. The number of halogens is 3. The quantitative estimate of drug-likeness (QED) is 0.322. The van der Waals surface area contributed by atoms with Crippen molar-refractivity contribution in [1.82, 2.24) is 9.80 Å². The van der Waals surface area contributed by atoms with E-state index >= 15 is 0 Å². The number of amides is 1. The highest BCUT2D eigenvalue weighted by molar-refractivity contribution is 7.80. The second-order valence-electron chi connectivity index (χ2n) is 8.05. The minimum Gasteiger partial charge on any atom is -0.487 e. The topological polar surface area (TPSA) is 32.8 Å². The number of hydrogen-bond donors (Lipinski definition) is 0. The Hall–Kier alpha value is -1.79. The summed E-state index contributed by atoms with van der Waals surface area (Å²) in [5.41, 5.74) is 2.17. The van der Waals surface area contributed by atoms with Crippen LogP contribution in [-0.4, -0.2) is 33.9 Å². The lowest BCUT2D eigenvalue weighted by Crippen LogP contribution is -2.41. The predicted molar refractivity (Wildman–Crippen MR) is 134 cm³/mol. The molecule has 0 bridgehead atoms. The molecule has 1 saturated carbocycles. The molecule has 1 amide bonds. The zero-order valence-corrected chi connectivity index (χ0v) is 20.7. The average Bonchev–Trinajstić information content (AvgIpc) is 2.98. The van der Waals surface area contributed by atoms with Gasteiger partial charge in [0.1, 0.15) is 18.1 Å². The van der Waals surface area contributed by atoms with E-state index in [4.69, 9.17) is 51.8 Å². The van der Waals surface area contributed by atoms with E-state index in [1.807, 2.05) is 25.3 Å². The minimum atomic E-state index is -0.0433. The molecule has 0 radical (unpaired) electrons. The van der Waals surface area contributed by atoms with E-state index in [1.165, 1.54) is 6.42 Å². The van der Waals surface area contributed by atoms with Crippen molar-refractivity contribution in [3.63, 3.8) is 0 Å². The van der Waals surface area contributed by atoms with Gasteiger partial charge in [0.2, 0.25) is 0 Å². The van der Waals surface area contributed by atoms with Crippen molar-refractivity contribution in [1.29, 1.82) is 0 Å². The van der Waals surface area contributed by atoms with E-state index < -0.39 is 0 Å². The summed E-state index contributed by atoms with van der Waals surface area (Å²) in [5, 5.41) is 2.13. The predicted octanol–water partition coefficient (Wildman–Crippen LogP) is 6.96. The van der Waals surface area contributed by atoms with Crippen LogP contribution < -0.4 is 4.74 Å². The van der Waals surface area contributed by atoms with Crippen LogP contribution in [0, 0.1) is 0 Å². The summed E-state index contributed by atoms with van der Waals surface area (Å²) in [7, 11) is 1.84. The van der Waals surface area contributed by atoms with Crippen molar-refractivity contribution in [2.45, 2.75) is 44.8 Å². The van der Waals surface area contributed by atoms with Gasteiger partial charge in [0.05, 0.1) is 5.02 Å². The molecule has 2 aromatic rings. The minimum absolute atomic E-state index is 0.0433. The van der Waals surface area contributed by atoms with Gasteiger partial charge in [-0.05, 0) is 61.0 Å². The summed E-state index contributed by atoms with van der Waals surface area (Å²) in [5.74, 6) is 0.489.